The average Bonchev–Trinajstić information content (AvgIpc) is 2.92. The molecule has 3 aromatic rings. The van der Waals surface area contributed by atoms with E-state index in [0.29, 0.717) is 29.2 Å². The second kappa shape index (κ2) is 13.8. The molecule has 7 nitrogen and oxygen atoms in total. The van der Waals surface area contributed by atoms with E-state index >= 15 is 0 Å². The molecule has 0 fully saturated rings. The van der Waals surface area contributed by atoms with Gasteiger partial charge in [0.1, 0.15) is 12.6 Å². The predicted molar refractivity (Wildman–Crippen MR) is 161 cm³/mol. The number of nitrogens with zero attached hydrogens (tertiary/aromatic N) is 2. The molecule has 3 aromatic carbocycles. The number of benzene rings is 3. The Labute approximate surface area is 243 Å². The summed E-state index contributed by atoms with van der Waals surface area (Å²) in [6, 6.07) is 18.3. The van der Waals surface area contributed by atoms with Crippen molar-refractivity contribution in [3.63, 3.8) is 0 Å². The maximum absolute atomic E-state index is 14.1. The molecule has 1 atom stereocenters. The van der Waals surface area contributed by atoms with Crippen LogP contribution in [0.4, 0.5) is 5.69 Å². The predicted octanol–water partition coefficient (Wildman–Crippen LogP) is 5.79. The Bertz CT molecular complexity index is 1420. The Balaban J connectivity index is 2.08. The molecular formula is C31H38ClN3O4S. The first-order valence-electron chi connectivity index (χ1n) is 13.5. The number of aryl methyl sites for hydroxylation is 3. The summed E-state index contributed by atoms with van der Waals surface area (Å²) in [6.45, 7) is 9.56. The molecule has 0 aliphatic heterocycles. The van der Waals surface area contributed by atoms with Gasteiger partial charge < -0.3 is 10.2 Å². The number of carbonyl (C=O) groups excluding carboxylic acids is 2. The fraction of sp³-hybridized carbons (Fsp3) is 0.355. The molecule has 0 aliphatic carbocycles. The van der Waals surface area contributed by atoms with Gasteiger partial charge in [-0.1, -0.05) is 73.0 Å². The Morgan fingerprint density at radius 1 is 0.900 bits per heavy atom. The number of anilines is 1. The van der Waals surface area contributed by atoms with Gasteiger partial charge in [-0.05, 0) is 75.1 Å². The molecule has 0 heterocycles. The van der Waals surface area contributed by atoms with Crippen molar-refractivity contribution >= 4 is 39.1 Å². The van der Waals surface area contributed by atoms with Gasteiger partial charge in [-0.15, -0.1) is 0 Å². The second-order valence-electron chi connectivity index (χ2n) is 9.98. The molecule has 40 heavy (non-hydrogen) atoms. The quantitative estimate of drug-likeness (QED) is 0.292. The lowest BCUT2D eigenvalue weighted by molar-refractivity contribution is -0.140. The van der Waals surface area contributed by atoms with E-state index in [-0.39, 0.29) is 17.3 Å². The molecule has 0 bridgehead atoms. The molecule has 0 unspecified atom stereocenters. The summed E-state index contributed by atoms with van der Waals surface area (Å²) in [5.41, 5.74) is 3.78. The van der Waals surface area contributed by atoms with Crippen LogP contribution in [0, 0.1) is 20.8 Å². The van der Waals surface area contributed by atoms with Crippen LogP contribution in [0.25, 0.3) is 0 Å². The number of hydrogen-bond acceptors (Lipinski definition) is 4. The zero-order chi connectivity index (χ0) is 29.4. The van der Waals surface area contributed by atoms with Crippen molar-refractivity contribution in [2.45, 2.75) is 64.9 Å². The normalized spacial score (nSPS) is 12.1. The highest BCUT2D eigenvalue weighted by atomic mass is 35.5. The van der Waals surface area contributed by atoms with Crippen LogP contribution in [0.3, 0.4) is 0 Å². The summed E-state index contributed by atoms with van der Waals surface area (Å²) >= 11 is 6.18. The van der Waals surface area contributed by atoms with Crippen LogP contribution in [-0.4, -0.2) is 44.3 Å². The summed E-state index contributed by atoms with van der Waals surface area (Å²) in [5.74, 6) is -0.746. The summed E-state index contributed by atoms with van der Waals surface area (Å²) in [4.78, 5) is 28.8. The van der Waals surface area contributed by atoms with Crippen LogP contribution in [0.1, 0.15) is 48.9 Å². The van der Waals surface area contributed by atoms with Gasteiger partial charge in [0.15, 0.2) is 0 Å². The molecular weight excluding hydrogens is 546 g/mol. The Morgan fingerprint density at radius 3 is 2.05 bits per heavy atom. The number of amides is 2. The van der Waals surface area contributed by atoms with Crippen LogP contribution in [0.15, 0.2) is 71.6 Å². The molecule has 0 spiro atoms. The SMILES string of the molecule is CCCNC(=O)[C@@H](CC)N(Cc1ccc(C)cc1)C(=O)CN(c1ccc(Cl)cc1C)S(=O)(=O)c1ccc(C)cc1. The van der Waals surface area contributed by atoms with E-state index in [1.54, 1.807) is 37.3 Å². The van der Waals surface area contributed by atoms with Crippen molar-refractivity contribution in [2.75, 3.05) is 17.4 Å². The fourth-order valence-corrected chi connectivity index (χ4v) is 6.13. The first-order chi connectivity index (χ1) is 19.0. The van der Waals surface area contributed by atoms with Crippen LogP contribution in [0.2, 0.25) is 5.02 Å². The first kappa shape index (κ1) is 31.2. The molecule has 0 saturated heterocycles. The minimum absolute atomic E-state index is 0.0677. The van der Waals surface area contributed by atoms with Crippen molar-refractivity contribution in [1.29, 1.82) is 0 Å². The number of rotatable bonds is 12. The topological polar surface area (TPSA) is 86.8 Å². The summed E-state index contributed by atoms with van der Waals surface area (Å²) < 4.78 is 29.1. The van der Waals surface area contributed by atoms with E-state index in [0.717, 1.165) is 27.4 Å². The van der Waals surface area contributed by atoms with Crippen LogP contribution < -0.4 is 9.62 Å². The van der Waals surface area contributed by atoms with Crippen molar-refractivity contribution in [3.05, 3.63) is 94.0 Å². The van der Waals surface area contributed by atoms with Gasteiger partial charge in [0.2, 0.25) is 11.8 Å². The van der Waals surface area contributed by atoms with E-state index in [9.17, 15) is 18.0 Å². The Kier molecular flexibility index (Phi) is 10.8. The second-order valence-corrected chi connectivity index (χ2v) is 12.3. The zero-order valence-corrected chi connectivity index (χ0v) is 25.3. The van der Waals surface area contributed by atoms with E-state index in [1.165, 1.54) is 17.0 Å². The third kappa shape index (κ3) is 7.64. The van der Waals surface area contributed by atoms with Gasteiger partial charge in [0.05, 0.1) is 10.6 Å². The van der Waals surface area contributed by atoms with Crippen LogP contribution in [-0.2, 0) is 26.2 Å². The fourth-order valence-electron chi connectivity index (χ4n) is 4.43. The van der Waals surface area contributed by atoms with Gasteiger partial charge in [-0.3, -0.25) is 13.9 Å². The van der Waals surface area contributed by atoms with E-state index in [1.807, 2.05) is 52.0 Å². The van der Waals surface area contributed by atoms with Gasteiger partial charge in [0, 0.05) is 18.1 Å². The summed E-state index contributed by atoms with van der Waals surface area (Å²) in [5, 5.41) is 3.35. The van der Waals surface area contributed by atoms with Crippen LogP contribution >= 0.6 is 11.6 Å². The number of sulfonamides is 1. The van der Waals surface area contributed by atoms with Gasteiger partial charge in [0.25, 0.3) is 10.0 Å². The van der Waals surface area contributed by atoms with E-state index < -0.39 is 28.5 Å². The molecule has 0 aromatic heterocycles. The molecule has 0 saturated carbocycles. The molecule has 214 valence electrons. The smallest absolute Gasteiger partial charge is 0.264 e. The highest BCUT2D eigenvalue weighted by Crippen LogP contribution is 2.29. The van der Waals surface area contributed by atoms with Crippen molar-refractivity contribution in [3.8, 4) is 0 Å². The summed E-state index contributed by atoms with van der Waals surface area (Å²) in [7, 11) is -4.14. The monoisotopic (exact) mass is 583 g/mol. The van der Waals surface area contributed by atoms with Gasteiger partial charge in [-0.2, -0.15) is 0 Å². The van der Waals surface area contributed by atoms with E-state index in [2.05, 4.69) is 5.32 Å². The zero-order valence-electron chi connectivity index (χ0n) is 23.8. The highest BCUT2D eigenvalue weighted by Gasteiger charge is 2.34. The third-order valence-electron chi connectivity index (χ3n) is 6.72. The standard InChI is InChI=1S/C31H38ClN3O4S/c1-6-18-33-31(37)28(7-2)34(20-25-12-8-22(3)9-13-25)30(36)21-35(29-17-14-26(32)19-24(29)5)40(38,39)27-15-10-23(4)11-16-27/h8-17,19,28H,6-7,18,20-21H2,1-5H3,(H,33,37)/t28-/m1/s1. The molecule has 1 N–H and O–H groups in total. The van der Waals surface area contributed by atoms with Gasteiger partial charge in [-0.25, -0.2) is 8.42 Å². The number of nitrogens with one attached hydrogen (secondary N) is 1. The lowest BCUT2D eigenvalue weighted by atomic mass is 10.1. The first-order valence-corrected chi connectivity index (χ1v) is 15.3. The Hall–Kier alpha value is -3.36. The molecule has 2 amide bonds. The molecule has 3 rings (SSSR count). The average molecular weight is 584 g/mol. The van der Waals surface area contributed by atoms with Gasteiger partial charge >= 0.3 is 0 Å². The van der Waals surface area contributed by atoms with Crippen molar-refractivity contribution in [2.24, 2.45) is 0 Å². The lowest BCUT2D eigenvalue weighted by Crippen LogP contribution is -2.52. The largest absolute Gasteiger partial charge is 0.354 e. The van der Waals surface area contributed by atoms with E-state index in [4.69, 9.17) is 11.6 Å². The minimum atomic E-state index is -4.14. The number of halogens is 1. The third-order valence-corrected chi connectivity index (χ3v) is 8.73. The number of hydrogen-bond donors (Lipinski definition) is 1. The molecule has 9 heteroatoms. The molecule has 0 radical (unpaired) electrons. The molecule has 0 aliphatic rings. The van der Waals surface area contributed by atoms with Crippen LogP contribution in [0.5, 0.6) is 0 Å². The Morgan fingerprint density at radius 2 is 1.50 bits per heavy atom. The number of carbonyl (C=O) groups is 2. The lowest BCUT2D eigenvalue weighted by Gasteiger charge is -2.33. The maximum Gasteiger partial charge on any atom is 0.264 e. The maximum atomic E-state index is 14.1. The highest BCUT2D eigenvalue weighted by molar-refractivity contribution is 7.92. The minimum Gasteiger partial charge on any atom is -0.354 e. The summed E-state index contributed by atoms with van der Waals surface area (Å²) in [6.07, 6.45) is 1.13. The van der Waals surface area contributed by atoms with Crippen molar-refractivity contribution in [1.82, 2.24) is 10.2 Å². The van der Waals surface area contributed by atoms with Crippen molar-refractivity contribution < 1.29 is 18.0 Å².